The Labute approximate surface area is 142 Å². The molecule has 128 valence electrons. The Morgan fingerprint density at radius 1 is 1.25 bits per heavy atom. The van der Waals surface area contributed by atoms with Crippen molar-refractivity contribution in [1.82, 2.24) is 14.9 Å². The maximum Gasteiger partial charge on any atom is 0.223 e. The van der Waals surface area contributed by atoms with Gasteiger partial charge in [-0.3, -0.25) is 9.59 Å². The van der Waals surface area contributed by atoms with Crippen LogP contribution in [0, 0.1) is 5.92 Å². The van der Waals surface area contributed by atoms with Gasteiger partial charge in [0.1, 0.15) is 5.82 Å². The van der Waals surface area contributed by atoms with Crippen LogP contribution in [-0.2, 0) is 16.1 Å². The SMILES string of the molecule is CC(=O)C(C)n1c(CNC(=O)C2CCCCC2)nc2ccccc21. The number of hydrogen-bond acceptors (Lipinski definition) is 3. The first-order chi connectivity index (χ1) is 11.6. The second-order valence-corrected chi connectivity index (χ2v) is 6.73. The number of ketones is 1. The Morgan fingerprint density at radius 3 is 2.67 bits per heavy atom. The van der Waals surface area contributed by atoms with E-state index in [1.807, 2.05) is 35.8 Å². The molecule has 1 amide bonds. The number of carbonyl (C=O) groups excluding carboxylic acids is 2. The van der Waals surface area contributed by atoms with Gasteiger partial charge in [-0.15, -0.1) is 0 Å². The van der Waals surface area contributed by atoms with Gasteiger partial charge in [-0.2, -0.15) is 0 Å². The average molecular weight is 327 g/mol. The van der Waals surface area contributed by atoms with Gasteiger partial charge in [-0.05, 0) is 38.8 Å². The second kappa shape index (κ2) is 7.16. The van der Waals surface area contributed by atoms with Crippen LogP contribution in [0.4, 0.5) is 0 Å². The lowest BCUT2D eigenvalue weighted by Gasteiger charge is -2.21. The van der Waals surface area contributed by atoms with E-state index in [2.05, 4.69) is 10.3 Å². The molecule has 1 fully saturated rings. The van der Waals surface area contributed by atoms with Gasteiger partial charge in [0.15, 0.2) is 5.78 Å². The van der Waals surface area contributed by atoms with Crippen molar-refractivity contribution in [3.8, 4) is 0 Å². The van der Waals surface area contributed by atoms with Gasteiger partial charge in [0.2, 0.25) is 5.91 Å². The van der Waals surface area contributed by atoms with Crippen LogP contribution in [0.5, 0.6) is 0 Å². The summed E-state index contributed by atoms with van der Waals surface area (Å²) in [6.45, 7) is 3.83. The summed E-state index contributed by atoms with van der Waals surface area (Å²) in [6, 6.07) is 7.48. The minimum Gasteiger partial charge on any atom is -0.349 e. The van der Waals surface area contributed by atoms with E-state index in [0.29, 0.717) is 6.54 Å². The number of fused-ring (bicyclic) bond motifs is 1. The smallest absolute Gasteiger partial charge is 0.223 e. The molecule has 3 rings (SSSR count). The molecule has 1 aliphatic carbocycles. The molecular formula is C19H25N3O2. The van der Waals surface area contributed by atoms with E-state index >= 15 is 0 Å². The van der Waals surface area contributed by atoms with Gasteiger partial charge in [0, 0.05) is 5.92 Å². The molecule has 2 aromatic rings. The van der Waals surface area contributed by atoms with Crippen LogP contribution in [0.3, 0.4) is 0 Å². The van der Waals surface area contributed by atoms with Gasteiger partial charge >= 0.3 is 0 Å². The van der Waals surface area contributed by atoms with Gasteiger partial charge in [0.25, 0.3) is 0 Å². The van der Waals surface area contributed by atoms with Crippen molar-refractivity contribution < 1.29 is 9.59 Å². The topological polar surface area (TPSA) is 64.0 Å². The number of carbonyl (C=O) groups is 2. The van der Waals surface area contributed by atoms with Crippen molar-refractivity contribution in [3.05, 3.63) is 30.1 Å². The van der Waals surface area contributed by atoms with Crippen LogP contribution < -0.4 is 5.32 Å². The predicted molar refractivity (Wildman–Crippen MR) is 93.5 cm³/mol. The Morgan fingerprint density at radius 2 is 1.96 bits per heavy atom. The van der Waals surface area contributed by atoms with Gasteiger partial charge in [-0.25, -0.2) is 4.98 Å². The van der Waals surface area contributed by atoms with Gasteiger partial charge < -0.3 is 9.88 Å². The van der Waals surface area contributed by atoms with E-state index < -0.39 is 0 Å². The highest BCUT2D eigenvalue weighted by atomic mass is 16.2. The van der Waals surface area contributed by atoms with E-state index in [1.165, 1.54) is 6.42 Å². The maximum atomic E-state index is 12.4. The number of rotatable bonds is 5. The zero-order valence-corrected chi connectivity index (χ0v) is 14.4. The minimum atomic E-state index is -0.293. The summed E-state index contributed by atoms with van der Waals surface area (Å²) >= 11 is 0. The number of aromatic nitrogens is 2. The number of Topliss-reactive ketones (excluding diaryl/α,β-unsaturated/α-hetero) is 1. The highest BCUT2D eigenvalue weighted by Gasteiger charge is 2.23. The molecule has 1 heterocycles. The lowest BCUT2D eigenvalue weighted by molar-refractivity contribution is -0.126. The molecule has 1 atom stereocenters. The number of nitrogens with zero attached hydrogens (tertiary/aromatic N) is 2. The number of hydrogen-bond donors (Lipinski definition) is 1. The molecule has 5 nitrogen and oxygen atoms in total. The van der Waals surface area contributed by atoms with Crippen LogP contribution in [0.1, 0.15) is 57.8 Å². The molecule has 0 saturated heterocycles. The highest BCUT2D eigenvalue weighted by molar-refractivity contribution is 5.84. The van der Waals surface area contributed by atoms with Crippen LogP contribution in [0.15, 0.2) is 24.3 Å². The van der Waals surface area contributed by atoms with Crippen LogP contribution in [-0.4, -0.2) is 21.2 Å². The lowest BCUT2D eigenvalue weighted by atomic mass is 9.89. The monoisotopic (exact) mass is 327 g/mol. The first-order valence-electron chi connectivity index (χ1n) is 8.82. The Balaban J connectivity index is 1.81. The van der Waals surface area contributed by atoms with Crippen molar-refractivity contribution in [2.75, 3.05) is 0 Å². The maximum absolute atomic E-state index is 12.4. The quantitative estimate of drug-likeness (QED) is 0.915. The summed E-state index contributed by atoms with van der Waals surface area (Å²) < 4.78 is 1.94. The van der Waals surface area contributed by atoms with Crippen LogP contribution in [0.2, 0.25) is 0 Å². The molecule has 0 bridgehead atoms. The van der Waals surface area contributed by atoms with Crippen LogP contribution >= 0.6 is 0 Å². The van der Waals surface area contributed by atoms with Crippen molar-refractivity contribution >= 4 is 22.7 Å². The molecule has 0 radical (unpaired) electrons. The zero-order chi connectivity index (χ0) is 17.1. The standard InChI is InChI=1S/C19H25N3O2/c1-13(14(2)23)22-17-11-7-6-10-16(17)21-18(22)12-20-19(24)15-8-4-3-5-9-15/h6-7,10-11,13,15H,3-5,8-9,12H2,1-2H3,(H,20,24). The fourth-order valence-electron chi connectivity index (χ4n) is 3.51. The van der Waals surface area contributed by atoms with E-state index in [-0.39, 0.29) is 23.7 Å². The van der Waals surface area contributed by atoms with Crippen molar-refractivity contribution in [2.24, 2.45) is 5.92 Å². The van der Waals surface area contributed by atoms with E-state index in [9.17, 15) is 9.59 Å². The highest BCUT2D eigenvalue weighted by Crippen LogP contribution is 2.25. The third-order valence-corrected chi connectivity index (χ3v) is 5.04. The number of imidazole rings is 1. The van der Waals surface area contributed by atoms with E-state index in [4.69, 9.17) is 0 Å². The predicted octanol–water partition coefficient (Wildman–Crippen LogP) is 3.38. The molecule has 1 aliphatic rings. The van der Waals surface area contributed by atoms with Crippen molar-refractivity contribution in [1.29, 1.82) is 0 Å². The summed E-state index contributed by atoms with van der Waals surface area (Å²) in [5.41, 5.74) is 1.79. The minimum absolute atomic E-state index is 0.0815. The molecule has 1 aromatic carbocycles. The summed E-state index contributed by atoms with van der Waals surface area (Å²) in [7, 11) is 0. The third-order valence-electron chi connectivity index (χ3n) is 5.04. The Bertz CT molecular complexity index is 744. The fraction of sp³-hybridized carbons (Fsp3) is 0.526. The molecule has 1 unspecified atom stereocenters. The molecule has 24 heavy (non-hydrogen) atoms. The molecule has 1 N–H and O–H groups in total. The third kappa shape index (κ3) is 3.35. The van der Waals surface area contributed by atoms with E-state index in [1.54, 1.807) is 6.92 Å². The van der Waals surface area contributed by atoms with Gasteiger partial charge in [0.05, 0.1) is 23.6 Å². The summed E-state index contributed by atoms with van der Waals surface area (Å²) in [5.74, 6) is 1.06. The lowest BCUT2D eigenvalue weighted by Crippen LogP contribution is -2.32. The normalized spacial score (nSPS) is 16.9. The van der Waals surface area contributed by atoms with E-state index in [0.717, 1.165) is 42.5 Å². The molecular weight excluding hydrogens is 302 g/mol. The largest absolute Gasteiger partial charge is 0.349 e. The number of para-hydroxylation sites is 2. The molecule has 1 aromatic heterocycles. The second-order valence-electron chi connectivity index (χ2n) is 6.73. The number of nitrogens with one attached hydrogen (secondary N) is 1. The fourth-order valence-corrected chi connectivity index (χ4v) is 3.51. The summed E-state index contributed by atoms with van der Waals surface area (Å²) in [6.07, 6.45) is 5.46. The summed E-state index contributed by atoms with van der Waals surface area (Å²) in [4.78, 5) is 28.9. The molecule has 0 spiro atoms. The number of amides is 1. The molecule has 5 heteroatoms. The number of benzene rings is 1. The Kier molecular flexibility index (Phi) is 4.97. The molecule has 0 aliphatic heterocycles. The Hall–Kier alpha value is -2.17. The first-order valence-corrected chi connectivity index (χ1v) is 8.82. The van der Waals surface area contributed by atoms with Gasteiger partial charge in [-0.1, -0.05) is 31.4 Å². The van der Waals surface area contributed by atoms with Crippen molar-refractivity contribution in [3.63, 3.8) is 0 Å². The first kappa shape index (κ1) is 16.7. The zero-order valence-electron chi connectivity index (χ0n) is 14.4. The van der Waals surface area contributed by atoms with Crippen LogP contribution in [0.25, 0.3) is 11.0 Å². The average Bonchev–Trinajstić information content (AvgIpc) is 2.97. The van der Waals surface area contributed by atoms with Crippen molar-refractivity contribution in [2.45, 2.75) is 58.5 Å². The molecule has 1 saturated carbocycles. The summed E-state index contributed by atoms with van der Waals surface area (Å²) in [5, 5.41) is 3.03.